The predicted octanol–water partition coefficient (Wildman–Crippen LogP) is 2.01. The lowest BCUT2D eigenvalue weighted by molar-refractivity contribution is -0.137. The number of likely N-dealkylation sites (tertiary alicyclic amines) is 1. The van der Waals surface area contributed by atoms with Crippen molar-refractivity contribution in [2.45, 2.75) is 45.4 Å². The normalized spacial score (nSPS) is 30.8. The van der Waals surface area contributed by atoms with E-state index in [0.717, 1.165) is 51.2 Å². The molecule has 0 spiro atoms. The van der Waals surface area contributed by atoms with E-state index in [0.29, 0.717) is 17.7 Å². The van der Waals surface area contributed by atoms with Crippen LogP contribution in [0.1, 0.15) is 45.4 Å². The summed E-state index contributed by atoms with van der Waals surface area (Å²) >= 11 is 0. The number of amides is 1. The van der Waals surface area contributed by atoms with Gasteiger partial charge in [0, 0.05) is 19.0 Å². The zero-order valence-corrected chi connectivity index (χ0v) is 11.0. The number of hydrogen-bond donors (Lipinski definition) is 1. The molecular weight excluding hydrogens is 212 g/mol. The van der Waals surface area contributed by atoms with Crippen LogP contribution in [0.4, 0.5) is 0 Å². The van der Waals surface area contributed by atoms with Crippen molar-refractivity contribution in [2.75, 3.05) is 19.6 Å². The Morgan fingerprint density at radius 3 is 2.47 bits per heavy atom. The molecule has 2 N–H and O–H groups in total. The fraction of sp³-hybridized carbons (Fsp3) is 0.929. The van der Waals surface area contributed by atoms with Gasteiger partial charge < -0.3 is 10.6 Å². The first-order valence-electron chi connectivity index (χ1n) is 7.21. The maximum atomic E-state index is 12.4. The molecule has 1 heterocycles. The first kappa shape index (κ1) is 12.9. The predicted molar refractivity (Wildman–Crippen MR) is 69.5 cm³/mol. The van der Waals surface area contributed by atoms with Gasteiger partial charge in [-0.2, -0.15) is 0 Å². The van der Waals surface area contributed by atoms with Gasteiger partial charge in [-0.05, 0) is 50.5 Å². The summed E-state index contributed by atoms with van der Waals surface area (Å²) in [6, 6.07) is 0. The van der Waals surface area contributed by atoms with E-state index in [1.165, 1.54) is 12.8 Å². The molecule has 1 aliphatic carbocycles. The van der Waals surface area contributed by atoms with Gasteiger partial charge in [0.25, 0.3) is 0 Å². The molecule has 1 amide bonds. The lowest BCUT2D eigenvalue weighted by atomic mass is 9.91. The summed E-state index contributed by atoms with van der Waals surface area (Å²) in [7, 11) is 0. The Bertz CT molecular complexity index is 259. The van der Waals surface area contributed by atoms with Gasteiger partial charge in [0.15, 0.2) is 0 Å². The van der Waals surface area contributed by atoms with E-state index in [4.69, 9.17) is 5.73 Å². The molecule has 1 saturated heterocycles. The zero-order valence-electron chi connectivity index (χ0n) is 11.0. The van der Waals surface area contributed by atoms with Crippen LogP contribution in [0.5, 0.6) is 0 Å². The topological polar surface area (TPSA) is 46.3 Å². The number of carbonyl (C=O) groups excluding carboxylic acids is 1. The highest BCUT2D eigenvalue weighted by atomic mass is 16.2. The van der Waals surface area contributed by atoms with Crippen molar-refractivity contribution >= 4 is 5.91 Å². The summed E-state index contributed by atoms with van der Waals surface area (Å²) < 4.78 is 0. The molecule has 3 nitrogen and oxygen atoms in total. The number of nitrogens with zero attached hydrogens (tertiary/aromatic N) is 1. The van der Waals surface area contributed by atoms with E-state index >= 15 is 0 Å². The largest absolute Gasteiger partial charge is 0.342 e. The molecule has 2 unspecified atom stereocenters. The first-order valence-corrected chi connectivity index (χ1v) is 7.21. The van der Waals surface area contributed by atoms with Crippen LogP contribution in [0.25, 0.3) is 0 Å². The standard InChI is InChI=1S/C14H26N2O/c1-11-3-2-4-13(11)14(17)16-9-6-12(5-8-15)7-10-16/h11-13H,2-10,15H2,1H3. The summed E-state index contributed by atoms with van der Waals surface area (Å²) in [5.41, 5.74) is 5.59. The SMILES string of the molecule is CC1CCCC1C(=O)N1CCC(CCN)CC1. The molecule has 2 fully saturated rings. The molecule has 0 aromatic rings. The molecule has 2 aliphatic rings. The Hall–Kier alpha value is -0.570. The molecule has 0 aromatic carbocycles. The second-order valence-corrected chi connectivity index (χ2v) is 5.86. The Morgan fingerprint density at radius 2 is 1.94 bits per heavy atom. The van der Waals surface area contributed by atoms with Crippen LogP contribution in [0.15, 0.2) is 0 Å². The molecule has 2 rings (SSSR count). The van der Waals surface area contributed by atoms with E-state index in [9.17, 15) is 4.79 Å². The van der Waals surface area contributed by atoms with Crippen LogP contribution in [-0.2, 0) is 4.79 Å². The van der Waals surface area contributed by atoms with Crippen molar-refractivity contribution in [3.63, 3.8) is 0 Å². The van der Waals surface area contributed by atoms with Gasteiger partial charge in [0.2, 0.25) is 5.91 Å². The first-order chi connectivity index (χ1) is 8.22. The third kappa shape index (κ3) is 3.01. The quantitative estimate of drug-likeness (QED) is 0.817. The molecule has 3 heteroatoms. The molecule has 0 radical (unpaired) electrons. The molecule has 2 atom stereocenters. The summed E-state index contributed by atoms with van der Waals surface area (Å²) in [6.45, 7) is 4.95. The summed E-state index contributed by atoms with van der Waals surface area (Å²) in [4.78, 5) is 14.5. The van der Waals surface area contributed by atoms with Crippen molar-refractivity contribution in [3.8, 4) is 0 Å². The highest BCUT2D eigenvalue weighted by molar-refractivity contribution is 5.79. The minimum absolute atomic E-state index is 0.320. The Labute approximate surface area is 105 Å². The van der Waals surface area contributed by atoms with Crippen molar-refractivity contribution in [2.24, 2.45) is 23.5 Å². The minimum atomic E-state index is 0.320. The molecule has 1 saturated carbocycles. The number of hydrogen-bond acceptors (Lipinski definition) is 2. The zero-order chi connectivity index (χ0) is 12.3. The van der Waals surface area contributed by atoms with E-state index in [-0.39, 0.29) is 0 Å². The van der Waals surface area contributed by atoms with Gasteiger partial charge in [-0.25, -0.2) is 0 Å². The number of carbonyl (C=O) groups is 1. The van der Waals surface area contributed by atoms with Crippen LogP contribution in [0.2, 0.25) is 0 Å². The van der Waals surface area contributed by atoms with Crippen LogP contribution in [-0.4, -0.2) is 30.4 Å². The second-order valence-electron chi connectivity index (χ2n) is 5.86. The van der Waals surface area contributed by atoms with Crippen LogP contribution in [0, 0.1) is 17.8 Å². The lowest BCUT2D eigenvalue weighted by Gasteiger charge is -2.34. The van der Waals surface area contributed by atoms with E-state index < -0.39 is 0 Å². The Morgan fingerprint density at radius 1 is 1.24 bits per heavy atom. The number of rotatable bonds is 3. The van der Waals surface area contributed by atoms with E-state index in [2.05, 4.69) is 11.8 Å². The van der Waals surface area contributed by atoms with Gasteiger partial charge in [-0.15, -0.1) is 0 Å². The summed E-state index contributed by atoms with van der Waals surface area (Å²) in [5, 5.41) is 0. The van der Waals surface area contributed by atoms with E-state index in [1.54, 1.807) is 0 Å². The summed E-state index contributed by atoms with van der Waals surface area (Å²) in [5.74, 6) is 2.11. The smallest absolute Gasteiger partial charge is 0.225 e. The summed E-state index contributed by atoms with van der Waals surface area (Å²) in [6.07, 6.45) is 7.03. The molecule has 98 valence electrons. The fourth-order valence-electron chi connectivity index (χ4n) is 3.42. The highest BCUT2D eigenvalue weighted by Crippen LogP contribution is 2.33. The van der Waals surface area contributed by atoms with Crippen molar-refractivity contribution in [1.29, 1.82) is 0 Å². The number of nitrogens with two attached hydrogens (primary N) is 1. The Kier molecular flexibility index (Phi) is 4.43. The van der Waals surface area contributed by atoms with Gasteiger partial charge >= 0.3 is 0 Å². The average molecular weight is 238 g/mol. The molecular formula is C14H26N2O. The van der Waals surface area contributed by atoms with Crippen LogP contribution >= 0.6 is 0 Å². The van der Waals surface area contributed by atoms with Crippen molar-refractivity contribution in [1.82, 2.24) is 4.90 Å². The maximum Gasteiger partial charge on any atom is 0.225 e. The van der Waals surface area contributed by atoms with Gasteiger partial charge in [-0.3, -0.25) is 4.79 Å². The van der Waals surface area contributed by atoms with Gasteiger partial charge in [0.1, 0.15) is 0 Å². The highest BCUT2D eigenvalue weighted by Gasteiger charge is 2.34. The molecule has 0 aromatic heterocycles. The number of piperidine rings is 1. The third-order valence-corrected chi connectivity index (χ3v) is 4.68. The third-order valence-electron chi connectivity index (χ3n) is 4.68. The second kappa shape index (κ2) is 5.85. The van der Waals surface area contributed by atoms with Crippen LogP contribution in [0.3, 0.4) is 0 Å². The van der Waals surface area contributed by atoms with Crippen molar-refractivity contribution < 1.29 is 4.79 Å². The molecule has 1 aliphatic heterocycles. The van der Waals surface area contributed by atoms with Gasteiger partial charge in [0.05, 0.1) is 0 Å². The van der Waals surface area contributed by atoms with Crippen LogP contribution < -0.4 is 5.73 Å². The van der Waals surface area contributed by atoms with Gasteiger partial charge in [-0.1, -0.05) is 13.3 Å². The average Bonchev–Trinajstić information content (AvgIpc) is 2.76. The fourth-order valence-corrected chi connectivity index (χ4v) is 3.42. The molecule has 17 heavy (non-hydrogen) atoms. The lowest BCUT2D eigenvalue weighted by Crippen LogP contribution is -2.42. The Balaban J connectivity index is 1.82. The van der Waals surface area contributed by atoms with Crippen molar-refractivity contribution in [3.05, 3.63) is 0 Å². The minimum Gasteiger partial charge on any atom is -0.342 e. The maximum absolute atomic E-state index is 12.4. The monoisotopic (exact) mass is 238 g/mol. The molecule has 0 bridgehead atoms. The van der Waals surface area contributed by atoms with E-state index in [1.807, 2.05) is 0 Å².